The van der Waals surface area contributed by atoms with Crippen molar-refractivity contribution in [2.75, 3.05) is 12.4 Å². The predicted octanol–water partition coefficient (Wildman–Crippen LogP) is 3.13. The van der Waals surface area contributed by atoms with Gasteiger partial charge in [0.2, 0.25) is 0 Å². The maximum absolute atomic E-state index is 12.1. The zero-order chi connectivity index (χ0) is 18.2. The van der Waals surface area contributed by atoms with Gasteiger partial charge in [0, 0.05) is 6.42 Å². The maximum atomic E-state index is 12.1. The van der Waals surface area contributed by atoms with Gasteiger partial charge in [-0.3, -0.25) is 9.59 Å². The highest BCUT2D eigenvalue weighted by Gasteiger charge is 2.19. The molecule has 1 atom stereocenters. The summed E-state index contributed by atoms with van der Waals surface area (Å²) in [6.07, 6.45) is -0.246. The first-order valence-electron chi connectivity index (χ1n) is 7.64. The first kappa shape index (κ1) is 18.5. The third-order valence-corrected chi connectivity index (χ3v) is 4.31. The Morgan fingerprint density at radius 3 is 2.64 bits per heavy atom. The van der Waals surface area contributed by atoms with Gasteiger partial charge in [0.15, 0.2) is 6.10 Å². The molecule has 0 aliphatic heterocycles. The number of carbonyl (C=O) groups is 2. The van der Waals surface area contributed by atoms with E-state index in [0.717, 1.165) is 11.3 Å². The SMILES string of the molecule is COc1ccc(CCC(=O)OC(C)C(=O)Nc2sccc2C#N)cc1. The minimum Gasteiger partial charge on any atom is -0.497 e. The van der Waals surface area contributed by atoms with E-state index < -0.39 is 18.0 Å². The van der Waals surface area contributed by atoms with Crippen molar-refractivity contribution in [3.63, 3.8) is 0 Å². The summed E-state index contributed by atoms with van der Waals surface area (Å²) in [5, 5.41) is 13.7. The average Bonchev–Trinajstić information content (AvgIpc) is 3.07. The molecule has 0 bridgehead atoms. The summed E-state index contributed by atoms with van der Waals surface area (Å²) in [5.74, 6) is -0.163. The van der Waals surface area contributed by atoms with Crippen LogP contribution in [0.4, 0.5) is 5.00 Å². The summed E-state index contributed by atoms with van der Waals surface area (Å²) in [7, 11) is 1.59. The van der Waals surface area contributed by atoms with Gasteiger partial charge in [-0.1, -0.05) is 12.1 Å². The number of nitriles is 1. The molecule has 0 aliphatic carbocycles. The highest BCUT2D eigenvalue weighted by molar-refractivity contribution is 7.14. The quantitative estimate of drug-likeness (QED) is 0.768. The molecule has 25 heavy (non-hydrogen) atoms. The minimum atomic E-state index is -0.933. The third-order valence-electron chi connectivity index (χ3n) is 3.48. The molecule has 6 nitrogen and oxygen atoms in total. The predicted molar refractivity (Wildman–Crippen MR) is 94.5 cm³/mol. The van der Waals surface area contributed by atoms with Gasteiger partial charge in [0.1, 0.15) is 16.8 Å². The van der Waals surface area contributed by atoms with Crippen molar-refractivity contribution in [3.05, 3.63) is 46.8 Å². The van der Waals surface area contributed by atoms with E-state index in [9.17, 15) is 9.59 Å². The van der Waals surface area contributed by atoms with Crippen molar-refractivity contribution >= 4 is 28.2 Å². The van der Waals surface area contributed by atoms with Crippen LogP contribution in [0, 0.1) is 11.3 Å². The molecule has 0 saturated heterocycles. The van der Waals surface area contributed by atoms with Crippen LogP contribution >= 0.6 is 11.3 Å². The van der Waals surface area contributed by atoms with Crippen molar-refractivity contribution in [2.45, 2.75) is 25.9 Å². The summed E-state index contributed by atoms with van der Waals surface area (Å²) >= 11 is 1.24. The smallest absolute Gasteiger partial charge is 0.306 e. The van der Waals surface area contributed by atoms with E-state index in [4.69, 9.17) is 14.7 Å². The van der Waals surface area contributed by atoms with Crippen molar-refractivity contribution in [2.24, 2.45) is 0 Å². The standard InChI is InChI=1S/C18H18N2O4S/c1-12(17(22)20-18-14(11-19)9-10-25-18)24-16(21)8-5-13-3-6-15(23-2)7-4-13/h3-4,6-7,9-10,12H,5,8H2,1-2H3,(H,20,22). The fourth-order valence-corrected chi connectivity index (χ4v) is 2.80. The highest BCUT2D eigenvalue weighted by Crippen LogP contribution is 2.22. The largest absolute Gasteiger partial charge is 0.497 e. The summed E-state index contributed by atoms with van der Waals surface area (Å²) in [6.45, 7) is 1.50. The molecule has 0 fully saturated rings. The monoisotopic (exact) mass is 358 g/mol. The lowest BCUT2D eigenvalue weighted by Gasteiger charge is -2.13. The molecule has 2 aromatic rings. The molecule has 0 saturated carbocycles. The van der Waals surface area contributed by atoms with Crippen molar-refractivity contribution in [1.82, 2.24) is 0 Å². The average molecular weight is 358 g/mol. The van der Waals surface area contributed by atoms with E-state index in [0.29, 0.717) is 17.0 Å². The van der Waals surface area contributed by atoms with Gasteiger partial charge < -0.3 is 14.8 Å². The number of nitrogens with zero attached hydrogens (tertiary/aromatic N) is 1. The van der Waals surface area contributed by atoms with Crippen LogP contribution in [0.3, 0.4) is 0 Å². The molecule has 130 valence electrons. The van der Waals surface area contributed by atoms with Gasteiger partial charge >= 0.3 is 5.97 Å². The van der Waals surface area contributed by atoms with E-state index in [2.05, 4.69) is 5.32 Å². The minimum absolute atomic E-state index is 0.173. The number of hydrogen-bond donors (Lipinski definition) is 1. The molecule has 1 amide bonds. The van der Waals surface area contributed by atoms with Gasteiger partial charge in [0.25, 0.3) is 5.91 Å². The first-order chi connectivity index (χ1) is 12.0. The molecule has 0 radical (unpaired) electrons. The van der Waals surface area contributed by atoms with E-state index in [1.54, 1.807) is 18.6 Å². The summed E-state index contributed by atoms with van der Waals surface area (Å²) < 4.78 is 10.2. The van der Waals surface area contributed by atoms with Gasteiger partial charge in [-0.25, -0.2) is 0 Å². The van der Waals surface area contributed by atoms with Crippen molar-refractivity contribution in [3.8, 4) is 11.8 Å². The Balaban J connectivity index is 1.80. The molecule has 1 aromatic heterocycles. The Labute approximate surface area is 150 Å². The maximum Gasteiger partial charge on any atom is 0.306 e. The number of rotatable bonds is 7. The van der Waals surface area contributed by atoms with Crippen molar-refractivity contribution < 1.29 is 19.1 Å². The van der Waals surface area contributed by atoms with Crippen LogP contribution in [0.5, 0.6) is 5.75 Å². The van der Waals surface area contributed by atoms with Crippen LogP contribution in [-0.2, 0) is 20.7 Å². The van der Waals surface area contributed by atoms with Crippen LogP contribution in [0.1, 0.15) is 24.5 Å². The molecule has 1 heterocycles. The Kier molecular flexibility index (Phi) is 6.54. The highest BCUT2D eigenvalue weighted by atomic mass is 32.1. The van der Waals surface area contributed by atoms with Crippen LogP contribution in [0.25, 0.3) is 0 Å². The Morgan fingerprint density at radius 2 is 2.00 bits per heavy atom. The third kappa shape index (κ3) is 5.33. The number of hydrogen-bond acceptors (Lipinski definition) is 6. The van der Waals surface area contributed by atoms with Gasteiger partial charge in [-0.15, -0.1) is 11.3 Å². The van der Waals surface area contributed by atoms with E-state index in [1.807, 2.05) is 30.3 Å². The zero-order valence-corrected chi connectivity index (χ0v) is 14.8. The number of benzene rings is 1. The topological polar surface area (TPSA) is 88.4 Å². The second-order valence-electron chi connectivity index (χ2n) is 5.24. The van der Waals surface area contributed by atoms with Crippen LogP contribution in [0.15, 0.2) is 35.7 Å². The molecular weight excluding hydrogens is 340 g/mol. The molecule has 7 heteroatoms. The molecule has 1 aromatic carbocycles. The number of ether oxygens (including phenoxy) is 2. The second-order valence-corrected chi connectivity index (χ2v) is 6.16. The number of nitrogens with one attached hydrogen (secondary N) is 1. The Morgan fingerprint density at radius 1 is 1.28 bits per heavy atom. The summed E-state index contributed by atoms with van der Waals surface area (Å²) in [5.41, 5.74) is 1.36. The normalized spacial score (nSPS) is 11.2. The van der Waals surface area contributed by atoms with Crippen molar-refractivity contribution in [1.29, 1.82) is 5.26 Å². The first-order valence-corrected chi connectivity index (χ1v) is 8.52. The summed E-state index contributed by atoms with van der Waals surface area (Å²) in [4.78, 5) is 24.0. The molecule has 1 N–H and O–H groups in total. The van der Waals surface area contributed by atoms with E-state index in [1.165, 1.54) is 18.3 Å². The fraction of sp³-hybridized carbons (Fsp3) is 0.278. The number of thiophene rings is 1. The number of esters is 1. The molecule has 1 unspecified atom stereocenters. The van der Waals surface area contributed by atoms with Crippen LogP contribution in [-0.4, -0.2) is 25.1 Å². The molecular formula is C18H18N2O4S. The van der Waals surface area contributed by atoms with Gasteiger partial charge in [-0.05, 0) is 42.5 Å². The number of amides is 1. The van der Waals surface area contributed by atoms with Gasteiger partial charge in [-0.2, -0.15) is 5.26 Å². The number of aryl methyl sites for hydroxylation is 1. The number of carbonyl (C=O) groups excluding carboxylic acids is 2. The van der Waals surface area contributed by atoms with E-state index in [-0.39, 0.29) is 6.42 Å². The number of anilines is 1. The molecule has 0 spiro atoms. The zero-order valence-electron chi connectivity index (χ0n) is 13.9. The molecule has 2 rings (SSSR count). The lowest BCUT2D eigenvalue weighted by molar-refractivity contribution is -0.153. The van der Waals surface area contributed by atoms with Gasteiger partial charge in [0.05, 0.1) is 12.7 Å². The Bertz CT molecular complexity index is 777. The van der Waals surface area contributed by atoms with Crippen LogP contribution < -0.4 is 10.1 Å². The summed E-state index contributed by atoms with van der Waals surface area (Å²) in [6, 6.07) is 11.0. The molecule has 0 aliphatic rings. The van der Waals surface area contributed by atoms with E-state index >= 15 is 0 Å². The second kappa shape index (κ2) is 8.85. The lowest BCUT2D eigenvalue weighted by atomic mass is 10.1. The lowest BCUT2D eigenvalue weighted by Crippen LogP contribution is -2.30. The fourth-order valence-electron chi connectivity index (χ4n) is 2.06. The number of methoxy groups -OCH3 is 1. The van der Waals surface area contributed by atoms with Crippen LogP contribution in [0.2, 0.25) is 0 Å². The Hall–Kier alpha value is -2.85.